The Kier molecular flexibility index (Phi) is 7.25. The van der Waals surface area contributed by atoms with Crippen LogP contribution in [-0.2, 0) is 14.3 Å². The summed E-state index contributed by atoms with van der Waals surface area (Å²) < 4.78 is 5.17. The van der Waals surface area contributed by atoms with Crippen LogP contribution in [0.2, 0.25) is 0 Å². The summed E-state index contributed by atoms with van der Waals surface area (Å²) in [6, 6.07) is 2.10. The molecular formula is C23H35N5O3. The van der Waals surface area contributed by atoms with Crippen molar-refractivity contribution >= 4 is 23.5 Å². The van der Waals surface area contributed by atoms with Gasteiger partial charge in [0.2, 0.25) is 5.91 Å². The first-order valence-electron chi connectivity index (χ1n) is 11.9. The molecule has 0 aromatic carbocycles. The van der Waals surface area contributed by atoms with Crippen LogP contribution >= 0.6 is 0 Å². The Bertz CT molecular complexity index is 759. The lowest BCUT2D eigenvalue weighted by atomic mass is 9.92. The molecule has 0 radical (unpaired) electrons. The highest BCUT2D eigenvalue weighted by atomic mass is 16.5. The van der Waals surface area contributed by atoms with Gasteiger partial charge in [0.25, 0.3) is 0 Å². The summed E-state index contributed by atoms with van der Waals surface area (Å²) in [6.07, 6.45) is 8.74. The fourth-order valence-electron chi connectivity index (χ4n) is 5.05. The smallest absolute Gasteiger partial charge is 0.310 e. The lowest BCUT2D eigenvalue weighted by Crippen LogP contribution is -2.47. The van der Waals surface area contributed by atoms with Crippen LogP contribution < -0.4 is 9.80 Å². The summed E-state index contributed by atoms with van der Waals surface area (Å²) in [6.45, 7) is 7.24. The second-order valence-corrected chi connectivity index (χ2v) is 8.92. The lowest BCUT2D eigenvalue weighted by Gasteiger charge is -2.37. The topological polar surface area (TPSA) is 78.9 Å². The second-order valence-electron chi connectivity index (χ2n) is 8.92. The molecular weight excluding hydrogens is 394 g/mol. The minimum absolute atomic E-state index is 0.0283. The molecule has 1 aromatic heterocycles. The Morgan fingerprint density at radius 2 is 1.58 bits per heavy atom. The van der Waals surface area contributed by atoms with E-state index in [1.165, 1.54) is 19.3 Å². The van der Waals surface area contributed by atoms with E-state index in [0.29, 0.717) is 13.2 Å². The van der Waals surface area contributed by atoms with Crippen molar-refractivity contribution in [2.24, 2.45) is 11.8 Å². The van der Waals surface area contributed by atoms with E-state index in [2.05, 4.69) is 25.8 Å². The standard InChI is InChI=1S/C23H35N5O3/c1-2-31-23(30)19-7-6-12-28(16-19)22(29)18-8-13-27(14-9-18)21-15-20(24-17-25-21)26-10-4-3-5-11-26/h15,17-19H,2-14,16H2,1H3. The molecule has 1 aromatic rings. The van der Waals surface area contributed by atoms with Gasteiger partial charge in [0.05, 0.1) is 12.5 Å². The van der Waals surface area contributed by atoms with Crippen LogP contribution in [0, 0.1) is 11.8 Å². The molecule has 8 heteroatoms. The summed E-state index contributed by atoms with van der Waals surface area (Å²) in [5.74, 6) is 1.86. The molecule has 1 amide bonds. The number of nitrogens with zero attached hydrogens (tertiary/aromatic N) is 5. The van der Waals surface area contributed by atoms with Crippen LogP contribution in [0.15, 0.2) is 12.4 Å². The van der Waals surface area contributed by atoms with Crippen LogP contribution in [0.25, 0.3) is 0 Å². The van der Waals surface area contributed by atoms with E-state index in [9.17, 15) is 9.59 Å². The predicted molar refractivity (Wildman–Crippen MR) is 119 cm³/mol. The maximum atomic E-state index is 13.1. The molecule has 0 aliphatic carbocycles. The van der Waals surface area contributed by atoms with E-state index in [0.717, 1.165) is 70.0 Å². The van der Waals surface area contributed by atoms with Crippen LogP contribution in [0.1, 0.15) is 51.9 Å². The van der Waals surface area contributed by atoms with E-state index >= 15 is 0 Å². The van der Waals surface area contributed by atoms with Crippen LogP contribution in [0.3, 0.4) is 0 Å². The van der Waals surface area contributed by atoms with Crippen molar-refractivity contribution in [3.8, 4) is 0 Å². The van der Waals surface area contributed by atoms with Gasteiger partial charge < -0.3 is 19.4 Å². The lowest BCUT2D eigenvalue weighted by molar-refractivity contribution is -0.152. The average molecular weight is 430 g/mol. The number of rotatable bonds is 5. The van der Waals surface area contributed by atoms with Crippen molar-refractivity contribution in [2.45, 2.75) is 51.9 Å². The minimum Gasteiger partial charge on any atom is -0.466 e. The van der Waals surface area contributed by atoms with Crippen molar-refractivity contribution < 1.29 is 14.3 Å². The number of amides is 1. The van der Waals surface area contributed by atoms with Gasteiger partial charge in [-0.3, -0.25) is 9.59 Å². The molecule has 3 fully saturated rings. The first-order chi connectivity index (χ1) is 15.2. The fraction of sp³-hybridized carbons (Fsp3) is 0.739. The fourth-order valence-corrected chi connectivity index (χ4v) is 5.05. The SMILES string of the molecule is CCOC(=O)C1CCCN(C(=O)C2CCN(c3cc(N4CCCCC4)ncn3)CC2)C1. The van der Waals surface area contributed by atoms with Gasteiger partial charge in [0.15, 0.2) is 0 Å². The minimum atomic E-state index is -0.174. The number of esters is 1. The summed E-state index contributed by atoms with van der Waals surface area (Å²) in [5, 5.41) is 0. The molecule has 8 nitrogen and oxygen atoms in total. The summed E-state index contributed by atoms with van der Waals surface area (Å²) >= 11 is 0. The summed E-state index contributed by atoms with van der Waals surface area (Å²) in [4.78, 5) is 40.7. The van der Waals surface area contributed by atoms with Gasteiger partial charge in [-0.15, -0.1) is 0 Å². The van der Waals surface area contributed by atoms with Crippen molar-refractivity contribution in [3.63, 3.8) is 0 Å². The van der Waals surface area contributed by atoms with Gasteiger partial charge in [-0.2, -0.15) is 0 Å². The number of aromatic nitrogens is 2. The summed E-state index contributed by atoms with van der Waals surface area (Å²) in [7, 11) is 0. The second kappa shape index (κ2) is 10.3. The van der Waals surface area contributed by atoms with Crippen molar-refractivity contribution in [2.75, 3.05) is 55.7 Å². The zero-order chi connectivity index (χ0) is 21.6. The Hall–Kier alpha value is -2.38. The van der Waals surface area contributed by atoms with Gasteiger partial charge in [-0.1, -0.05) is 0 Å². The number of carbonyl (C=O) groups is 2. The van der Waals surface area contributed by atoms with E-state index < -0.39 is 0 Å². The molecule has 1 atom stereocenters. The average Bonchev–Trinajstić information content (AvgIpc) is 2.84. The van der Waals surface area contributed by atoms with Gasteiger partial charge in [-0.25, -0.2) is 9.97 Å². The molecule has 0 saturated carbocycles. The van der Waals surface area contributed by atoms with E-state index in [1.54, 1.807) is 6.33 Å². The van der Waals surface area contributed by atoms with Crippen LogP contribution in [-0.4, -0.2) is 72.6 Å². The number of ether oxygens (including phenoxy) is 1. The van der Waals surface area contributed by atoms with Gasteiger partial charge in [-0.05, 0) is 51.9 Å². The molecule has 0 bridgehead atoms. The molecule has 3 saturated heterocycles. The van der Waals surface area contributed by atoms with E-state index in [-0.39, 0.29) is 23.7 Å². The predicted octanol–water partition coefficient (Wildman–Crippen LogP) is 2.49. The molecule has 3 aliphatic heterocycles. The van der Waals surface area contributed by atoms with Gasteiger partial charge in [0, 0.05) is 51.3 Å². The molecule has 0 spiro atoms. The number of hydrogen-bond acceptors (Lipinski definition) is 7. The number of anilines is 2. The van der Waals surface area contributed by atoms with E-state index in [4.69, 9.17) is 4.74 Å². The number of piperidine rings is 3. The zero-order valence-electron chi connectivity index (χ0n) is 18.7. The maximum absolute atomic E-state index is 13.1. The monoisotopic (exact) mass is 429 g/mol. The quantitative estimate of drug-likeness (QED) is 0.666. The third-order valence-corrected chi connectivity index (χ3v) is 6.84. The van der Waals surface area contributed by atoms with Gasteiger partial charge in [0.1, 0.15) is 18.0 Å². The molecule has 4 rings (SSSR count). The number of likely N-dealkylation sites (tertiary alicyclic amines) is 1. The Labute approximate surface area is 185 Å². The maximum Gasteiger partial charge on any atom is 0.310 e. The first kappa shape index (κ1) is 21.8. The van der Waals surface area contributed by atoms with Gasteiger partial charge >= 0.3 is 5.97 Å². The highest BCUT2D eigenvalue weighted by molar-refractivity contribution is 5.80. The molecule has 170 valence electrons. The van der Waals surface area contributed by atoms with Crippen molar-refractivity contribution in [1.82, 2.24) is 14.9 Å². The largest absolute Gasteiger partial charge is 0.466 e. The van der Waals surface area contributed by atoms with E-state index in [1.807, 2.05) is 11.8 Å². The zero-order valence-corrected chi connectivity index (χ0v) is 18.7. The van der Waals surface area contributed by atoms with Crippen LogP contribution in [0.5, 0.6) is 0 Å². The Balaban J connectivity index is 1.31. The summed E-state index contributed by atoms with van der Waals surface area (Å²) in [5.41, 5.74) is 0. The van der Waals surface area contributed by atoms with Crippen molar-refractivity contribution in [3.05, 3.63) is 12.4 Å². The molecule has 31 heavy (non-hydrogen) atoms. The third kappa shape index (κ3) is 5.28. The number of hydrogen-bond donors (Lipinski definition) is 0. The Morgan fingerprint density at radius 1 is 0.903 bits per heavy atom. The normalized spacial score (nSPS) is 23.0. The molecule has 1 unspecified atom stereocenters. The Morgan fingerprint density at radius 3 is 2.26 bits per heavy atom. The number of carbonyl (C=O) groups excluding carboxylic acids is 2. The highest BCUT2D eigenvalue weighted by Gasteiger charge is 2.34. The highest BCUT2D eigenvalue weighted by Crippen LogP contribution is 2.28. The van der Waals surface area contributed by atoms with Crippen molar-refractivity contribution in [1.29, 1.82) is 0 Å². The molecule has 3 aliphatic rings. The third-order valence-electron chi connectivity index (χ3n) is 6.84. The molecule has 4 heterocycles. The first-order valence-corrected chi connectivity index (χ1v) is 11.9. The van der Waals surface area contributed by atoms with Crippen LogP contribution in [0.4, 0.5) is 11.6 Å². The molecule has 0 N–H and O–H groups in total.